The minimum absolute atomic E-state index is 0.237. The van der Waals surface area contributed by atoms with Crippen molar-refractivity contribution in [2.24, 2.45) is 11.6 Å². The smallest absolute Gasteiger partial charge is 0.312 e. The van der Waals surface area contributed by atoms with Gasteiger partial charge in [-0.25, -0.2) is 15.6 Å². The van der Waals surface area contributed by atoms with E-state index in [4.69, 9.17) is 11.6 Å². The van der Waals surface area contributed by atoms with Crippen molar-refractivity contribution in [2.75, 3.05) is 18.5 Å². The molecule has 2 rings (SSSR count). The number of aromatic nitrogens is 1. The number of primary amides is 1. The van der Waals surface area contributed by atoms with Gasteiger partial charge in [-0.15, -0.1) is 0 Å². The molecular formula is C13H16N6O2. The monoisotopic (exact) mass is 288 g/mol. The van der Waals surface area contributed by atoms with Crippen molar-refractivity contribution in [3.8, 4) is 0 Å². The fraction of sp³-hybridized carbons (Fsp3) is 0.154. The molecule has 0 saturated carbocycles. The number of nitrogens with zero attached hydrogens (tertiary/aromatic N) is 1. The van der Waals surface area contributed by atoms with E-state index in [9.17, 15) is 9.59 Å². The number of rotatable bonds is 5. The van der Waals surface area contributed by atoms with Crippen LogP contribution in [0.25, 0.3) is 10.8 Å². The fourth-order valence-corrected chi connectivity index (χ4v) is 1.88. The van der Waals surface area contributed by atoms with Gasteiger partial charge < -0.3 is 21.8 Å². The van der Waals surface area contributed by atoms with E-state index in [1.807, 2.05) is 24.3 Å². The first-order valence-electron chi connectivity index (χ1n) is 6.29. The number of carbonyl (C=O) groups is 2. The number of nitrogens with one attached hydrogen (secondary N) is 3. The van der Waals surface area contributed by atoms with Crippen LogP contribution in [0, 0.1) is 0 Å². The average molecular weight is 288 g/mol. The third kappa shape index (κ3) is 3.57. The predicted octanol–water partition coefficient (Wildman–Crippen LogP) is -0.0815. The highest BCUT2D eigenvalue weighted by Gasteiger charge is 2.11. The number of hydrazine groups is 1. The van der Waals surface area contributed by atoms with Crippen LogP contribution in [0.4, 0.5) is 10.6 Å². The molecule has 21 heavy (non-hydrogen) atoms. The molecule has 0 bridgehead atoms. The molecule has 1 aromatic carbocycles. The topological polar surface area (TPSA) is 135 Å². The zero-order valence-electron chi connectivity index (χ0n) is 11.2. The third-order valence-electron chi connectivity index (χ3n) is 2.82. The molecule has 7 N–H and O–H groups in total. The minimum Gasteiger partial charge on any atom is -0.352 e. The summed E-state index contributed by atoms with van der Waals surface area (Å²) in [4.78, 5) is 26.7. The lowest BCUT2D eigenvalue weighted by atomic mass is 10.1. The van der Waals surface area contributed by atoms with E-state index >= 15 is 0 Å². The zero-order chi connectivity index (χ0) is 15.2. The number of pyridine rings is 1. The average Bonchev–Trinajstić information content (AvgIpc) is 2.50. The van der Waals surface area contributed by atoms with Gasteiger partial charge in [0.05, 0.1) is 0 Å². The Morgan fingerprint density at radius 3 is 2.57 bits per heavy atom. The largest absolute Gasteiger partial charge is 0.352 e. The molecule has 1 aromatic heterocycles. The second-order valence-corrected chi connectivity index (χ2v) is 4.27. The van der Waals surface area contributed by atoms with Crippen LogP contribution in [0.3, 0.4) is 0 Å². The van der Waals surface area contributed by atoms with Crippen molar-refractivity contribution in [1.82, 2.24) is 15.6 Å². The molecule has 2 aromatic rings. The van der Waals surface area contributed by atoms with Gasteiger partial charge >= 0.3 is 6.03 Å². The molecule has 110 valence electrons. The standard InChI is InChI=1S/C13H16N6O2/c14-13(21)17-6-5-16-12(20)10-7-8-3-1-2-4-9(8)11(18-10)19-15/h1-4,7H,5-6,15H2,(H,16,20)(H,18,19)(H3,14,17,21). The number of hydrogen-bond donors (Lipinski definition) is 5. The molecule has 8 heteroatoms. The van der Waals surface area contributed by atoms with Crippen molar-refractivity contribution in [1.29, 1.82) is 0 Å². The molecule has 0 saturated heterocycles. The Balaban J connectivity index is 2.14. The van der Waals surface area contributed by atoms with Gasteiger partial charge in [0.15, 0.2) is 0 Å². The number of amides is 3. The van der Waals surface area contributed by atoms with Crippen LogP contribution in [0.5, 0.6) is 0 Å². The molecule has 0 spiro atoms. The first-order chi connectivity index (χ1) is 10.1. The van der Waals surface area contributed by atoms with Crippen LogP contribution >= 0.6 is 0 Å². The summed E-state index contributed by atoms with van der Waals surface area (Å²) in [5.41, 5.74) is 7.64. The Hall–Kier alpha value is -2.87. The van der Waals surface area contributed by atoms with E-state index < -0.39 is 6.03 Å². The van der Waals surface area contributed by atoms with Crippen LogP contribution in [0.2, 0.25) is 0 Å². The number of nitrogens with two attached hydrogens (primary N) is 2. The Labute approximate surface area is 120 Å². The molecule has 0 radical (unpaired) electrons. The predicted molar refractivity (Wildman–Crippen MR) is 79.5 cm³/mol. The number of benzene rings is 1. The van der Waals surface area contributed by atoms with Crippen LogP contribution < -0.4 is 27.6 Å². The Morgan fingerprint density at radius 2 is 1.86 bits per heavy atom. The molecule has 0 aliphatic rings. The van der Waals surface area contributed by atoms with E-state index in [1.165, 1.54) is 0 Å². The lowest BCUT2D eigenvalue weighted by Gasteiger charge is -2.09. The first kappa shape index (κ1) is 14.5. The Kier molecular flexibility index (Phi) is 4.52. The molecule has 8 nitrogen and oxygen atoms in total. The van der Waals surface area contributed by atoms with Gasteiger partial charge in [0.25, 0.3) is 5.91 Å². The molecule has 0 atom stereocenters. The number of hydrogen-bond acceptors (Lipinski definition) is 5. The zero-order valence-corrected chi connectivity index (χ0v) is 11.2. The van der Waals surface area contributed by atoms with Gasteiger partial charge in [-0.2, -0.15) is 0 Å². The maximum absolute atomic E-state index is 12.0. The quantitative estimate of drug-likeness (QED) is 0.298. The maximum Gasteiger partial charge on any atom is 0.312 e. The van der Waals surface area contributed by atoms with Crippen molar-refractivity contribution < 1.29 is 9.59 Å². The number of urea groups is 1. The summed E-state index contributed by atoms with van der Waals surface area (Å²) >= 11 is 0. The van der Waals surface area contributed by atoms with Gasteiger partial charge in [0, 0.05) is 18.5 Å². The molecular weight excluding hydrogens is 272 g/mol. The van der Waals surface area contributed by atoms with Crippen LogP contribution in [0.15, 0.2) is 30.3 Å². The lowest BCUT2D eigenvalue weighted by molar-refractivity contribution is 0.0949. The molecule has 1 heterocycles. The third-order valence-corrected chi connectivity index (χ3v) is 2.82. The summed E-state index contributed by atoms with van der Waals surface area (Å²) in [5, 5.41) is 6.68. The fourth-order valence-electron chi connectivity index (χ4n) is 1.88. The lowest BCUT2D eigenvalue weighted by Crippen LogP contribution is -2.37. The maximum atomic E-state index is 12.0. The van der Waals surface area contributed by atoms with Gasteiger partial charge in [-0.3, -0.25) is 4.79 Å². The van der Waals surface area contributed by atoms with Crippen LogP contribution in [-0.2, 0) is 0 Å². The highest BCUT2D eigenvalue weighted by Crippen LogP contribution is 2.21. The summed E-state index contributed by atoms with van der Waals surface area (Å²) in [6, 6.07) is 8.48. The minimum atomic E-state index is -0.636. The van der Waals surface area contributed by atoms with Gasteiger partial charge in [-0.05, 0) is 11.5 Å². The number of carbonyl (C=O) groups excluding carboxylic acids is 2. The van der Waals surface area contributed by atoms with Gasteiger partial charge in [-0.1, -0.05) is 24.3 Å². The summed E-state index contributed by atoms with van der Waals surface area (Å²) in [6.45, 7) is 0.498. The summed E-state index contributed by atoms with van der Waals surface area (Å²) in [6.07, 6.45) is 0. The summed E-state index contributed by atoms with van der Waals surface area (Å²) < 4.78 is 0. The van der Waals surface area contributed by atoms with E-state index in [0.717, 1.165) is 10.8 Å². The van der Waals surface area contributed by atoms with Crippen LogP contribution in [-0.4, -0.2) is 30.0 Å². The highest BCUT2D eigenvalue weighted by atomic mass is 16.2. The van der Waals surface area contributed by atoms with Gasteiger partial charge in [0.1, 0.15) is 11.5 Å². The number of nitrogen functional groups attached to an aromatic ring is 1. The second kappa shape index (κ2) is 6.53. The number of anilines is 1. The molecule has 0 unspecified atom stereocenters. The van der Waals surface area contributed by atoms with Crippen molar-refractivity contribution in [3.63, 3.8) is 0 Å². The number of fused-ring (bicyclic) bond motifs is 1. The normalized spacial score (nSPS) is 10.1. The van der Waals surface area contributed by atoms with E-state index in [1.54, 1.807) is 6.07 Å². The second-order valence-electron chi connectivity index (χ2n) is 4.27. The van der Waals surface area contributed by atoms with E-state index in [0.29, 0.717) is 5.82 Å². The SMILES string of the molecule is NNc1nc(C(=O)NCCNC(N)=O)cc2ccccc12. The Morgan fingerprint density at radius 1 is 1.14 bits per heavy atom. The highest BCUT2D eigenvalue weighted by molar-refractivity contribution is 6.00. The van der Waals surface area contributed by atoms with Crippen molar-refractivity contribution >= 4 is 28.5 Å². The molecule has 0 aliphatic carbocycles. The molecule has 3 amide bonds. The molecule has 0 aliphatic heterocycles. The van der Waals surface area contributed by atoms with Crippen molar-refractivity contribution in [3.05, 3.63) is 36.0 Å². The molecule has 0 fully saturated rings. The van der Waals surface area contributed by atoms with Crippen molar-refractivity contribution in [2.45, 2.75) is 0 Å². The van der Waals surface area contributed by atoms with E-state index in [-0.39, 0.29) is 24.7 Å². The Bertz CT molecular complexity index is 673. The van der Waals surface area contributed by atoms with Crippen LogP contribution in [0.1, 0.15) is 10.5 Å². The van der Waals surface area contributed by atoms with E-state index in [2.05, 4.69) is 21.0 Å². The summed E-state index contributed by atoms with van der Waals surface area (Å²) in [7, 11) is 0. The van der Waals surface area contributed by atoms with Gasteiger partial charge in [0.2, 0.25) is 0 Å². The summed E-state index contributed by atoms with van der Waals surface area (Å²) in [5.74, 6) is 5.50. The first-order valence-corrected chi connectivity index (χ1v) is 6.29.